The lowest BCUT2D eigenvalue weighted by Crippen LogP contribution is -3.21. The standard InChI is InChI=1S/C27H33ClN4O2.2ClH/c28-22-9-7-21(8-10-22)20-26-24-5-1-2-6-25(24)27(33)32(29-26)23-4-3-12-30(13-11-23)14-15-31-16-18-34-19-17-31;;/h1-2,5-10,23H,3-4,11-20H2;2*1H. The predicted octanol–water partition coefficient (Wildman–Crippen LogP) is -4.83. The van der Waals surface area contributed by atoms with Gasteiger partial charge in [0.05, 0.1) is 43.4 Å². The van der Waals surface area contributed by atoms with Gasteiger partial charge in [0.15, 0.2) is 0 Å². The number of likely N-dealkylation sites (tertiary alicyclic amines) is 1. The Morgan fingerprint density at radius 2 is 1.56 bits per heavy atom. The number of halogens is 3. The molecule has 3 aromatic rings. The Morgan fingerprint density at radius 1 is 0.889 bits per heavy atom. The molecule has 1 aromatic heterocycles. The van der Waals surface area contributed by atoms with Crippen molar-refractivity contribution in [3.05, 3.63) is 75.2 Å². The molecule has 5 rings (SSSR count). The molecule has 2 aromatic carbocycles. The molecule has 0 amide bonds. The first-order valence-corrected chi connectivity index (χ1v) is 13.0. The molecule has 2 aliphatic heterocycles. The monoisotopic (exact) mass is 552 g/mol. The third kappa shape index (κ3) is 7.00. The molecule has 2 unspecified atom stereocenters. The Kier molecular flexibility index (Phi) is 11.0. The second-order valence-corrected chi connectivity index (χ2v) is 10.2. The SMILES string of the molecule is O=c1c2ccccc2c(Cc2ccc(Cl)cc2)nn1C1CCC[NH+](CC[NH+]2CCOCC2)CC1.[Cl-].[Cl-]. The van der Waals surface area contributed by atoms with Gasteiger partial charge in [-0.05, 0) is 36.6 Å². The van der Waals surface area contributed by atoms with Crippen LogP contribution >= 0.6 is 11.6 Å². The van der Waals surface area contributed by atoms with Crippen molar-refractivity contribution < 1.29 is 39.4 Å². The maximum atomic E-state index is 13.5. The van der Waals surface area contributed by atoms with Gasteiger partial charge in [0.25, 0.3) is 5.56 Å². The average Bonchev–Trinajstić information content (AvgIpc) is 3.12. The van der Waals surface area contributed by atoms with Crippen molar-refractivity contribution in [3.63, 3.8) is 0 Å². The molecule has 0 radical (unpaired) electrons. The van der Waals surface area contributed by atoms with Crippen LogP contribution in [-0.2, 0) is 11.2 Å². The van der Waals surface area contributed by atoms with E-state index in [1.807, 2.05) is 53.2 Å². The van der Waals surface area contributed by atoms with E-state index in [-0.39, 0.29) is 36.4 Å². The van der Waals surface area contributed by atoms with Crippen molar-refractivity contribution in [1.29, 1.82) is 0 Å². The highest BCUT2D eigenvalue weighted by atomic mass is 35.5. The number of aromatic nitrogens is 2. The quantitative estimate of drug-likeness (QED) is 0.322. The van der Waals surface area contributed by atoms with E-state index in [0.717, 1.165) is 79.2 Å². The molecule has 2 aliphatic rings. The Labute approximate surface area is 230 Å². The highest BCUT2D eigenvalue weighted by Gasteiger charge is 2.25. The van der Waals surface area contributed by atoms with Gasteiger partial charge in [-0.1, -0.05) is 41.9 Å². The minimum absolute atomic E-state index is 0. The fourth-order valence-corrected chi connectivity index (χ4v) is 5.56. The molecule has 9 heteroatoms. The van der Waals surface area contributed by atoms with Crippen LogP contribution in [-0.4, -0.2) is 62.3 Å². The Balaban J connectivity index is 0.00000180. The van der Waals surface area contributed by atoms with Gasteiger partial charge in [-0.2, -0.15) is 5.10 Å². The lowest BCUT2D eigenvalue weighted by atomic mass is 10.0. The van der Waals surface area contributed by atoms with Gasteiger partial charge in [0.1, 0.15) is 26.2 Å². The summed E-state index contributed by atoms with van der Waals surface area (Å²) in [6.45, 7) is 8.73. The zero-order chi connectivity index (χ0) is 23.3. The number of rotatable bonds is 6. The summed E-state index contributed by atoms with van der Waals surface area (Å²) >= 11 is 6.08. The molecule has 2 fully saturated rings. The van der Waals surface area contributed by atoms with Crippen LogP contribution in [0.15, 0.2) is 53.3 Å². The minimum atomic E-state index is 0. The summed E-state index contributed by atoms with van der Waals surface area (Å²) in [5, 5.41) is 7.42. The number of nitrogens with one attached hydrogen (secondary N) is 2. The zero-order valence-electron chi connectivity index (χ0n) is 20.5. The van der Waals surface area contributed by atoms with Crippen molar-refractivity contribution >= 4 is 22.4 Å². The Hall–Kier alpha value is -1.67. The van der Waals surface area contributed by atoms with Gasteiger partial charge < -0.3 is 39.4 Å². The van der Waals surface area contributed by atoms with E-state index in [1.54, 1.807) is 9.80 Å². The number of benzene rings is 2. The normalized spacial score (nSPS) is 20.8. The number of fused-ring (bicyclic) bond motifs is 1. The van der Waals surface area contributed by atoms with E-state index >= 15 is 0 Å². The number of hydrogen-bond donors (Lipinski definition) is 2. The minimum Gasteiger partial charge on any atom is -1.00 e. The maximum Gasteiger partial charge on any atom is 0.274 e. The molecule has 0 spiro atoms. The van der Waals surface area contributed by atoms with E-state index in [2.05, 4.69) is 0 Å². The summed E-state index contributed by atoms with van der Waals surface area (Å²) in [4.78, 5) is 16.8. The molecule has 0 saturated carbocycles. The van der Waals surface area contributed by atoms with Crippen LogP contribution in [0.3, 0.4) is 0 Å². The molecule has 2 N–H and O–H groups in total. The van der Waals surface area contributed by atoms with Gasteiger partial charge in [0, 0.05) is 23.3 Å². The van der Waals surface area contributed by atoms with Crippen LogP contribution in [0.2, 0.25) is 5.02 Å². The van der Waals surface area contributed by atoms with Crippen molar-refractivity contribution in [2.24, 2.45) is 0 Å². The molecule has 6 nitrogen and oxygen atoms in total. The van der Waals surface area contributed by atoms with E-state index in [4.69, 9.17) is 21.4 Å². The summed E-state index contributed by atoms with van der Waals surface area (Å²) in [7, 11) is 0. The summed E-state index contributed by atoms with van der Waals surface area (Å²) < 4.78 is 7.31. The number of nitrogens with zero attached hydrogens (tertiary/aromatic N) is 2. The van der Waals surface area contributed by atoms with Crippen LogP contribution < -0.4 is 40.2 Å². The number of ether oxygens (including phenoxy) is 1. The van der Waals surface area contributed by atoms with Gasteiger partial charge in [0.2, 0.25) is 0 Å². The van der Waals surface area contributed by atoms with Gasteiger partial charge >= 0.3 is 0 Å². The third-order valence-electron chi connectivity index (χ3n) is 7.47. The molecule has 36 heavy (non-hydrogen) atoms. The zero-order valence-corrected chi connectivity index (χ0v) is 22.8. The molecule has 3 heterocycles. The molecular formula is C27H35Cl3N4O2. The van der Waals surface area contributed by atoms with E-state index in [0.29, 0.717) is 6.42 Å². The van der Waals surface area contributed by atoms with Crippen molar-refractivity contribution in [1.82, 2.24) is 9.78 Å². The molecule has 196 valence electrons. The van der Waals surface area contributed by atoms with Crippen molar-refractivity contribution in [3.8, 4) is 0 Å². The summed E-state index contributed by atoms with van der Waals surface area (Å²) in [6.07, 6.45) is 3.83. The Bertz CT molecular complexity index is 1170. The Morgan fingerprint density at radius 3 is 2.28 bits per heavy atom. The fourth-order valence-electron chi connectivity index (χ4n) is 5.43. The van der Waals surface area contributed by atoms with Crippen molar-refractivity contribution in [2.75, 3.05) is 52.5 Å². The smallest absolute Gasteiger partial charge is 0.274 e. The first kappa shape index (κ1) is 28.9. The number of morpholine rings is 1. The second kappa shape index (κ2) is 13.8. The number of hydrogen-bond acceptors (Lipinski definition) is 3. The van der Waals surface area contributed by atoms with Crippen LogP contribution in [0, 0.1) is 0 Å². The molecule has 2 saturated heterocycles. The lowest BCUT2D eigenvalue weighted by Gasteiger charge is -2.25. The molecule has 0 aliphatic carbocycles. The highest BCUT2D eigenvalue weighted by molar-refractivity contribution is 6.30. The second-order valence-electron chi connectivity index (χ2n) is 9.74. The van der Waals surface area contributed by atoms with E-state index in [9.17, 15) is 4.79 Å². The van der Waals surface area contributed by atoms with E-state index < -0.39 is 0 Å². The van der Waals surface area contributed by atoms with Gasteiger partial charge in [-0.25, -0.2) is 4.68 Å². The van der Waals surface area contributed by atoms with Crippen LogP contribution in [0.25, 0.3) is 10.8 Å². The van der Waals surface area contributed by atoms with E-state index in [1.165, 1.54) is 19.6 Å². The van der Waals surface area contributed by atoms with Crippen LogP contribution in [0.1, 0.15) is 36.6 Å². The molecule has 2 atom stereocenters. The fraction of sp³-hybridized carbons (Fsp3) is 0.481. The van der Waals surface area contributed by atoms with Gasteiger partial charge in [-0.3, -0.25) is 4.79 Å². The largest absolute Gasteiger partial charge is 1.00 e. The number of quaternary nitrogens is 2. The average molecular weight is 554 g/mol. The first-order valence-electron chi connectivity index (χ1n) is 12.7. The van der Waals surface area contributed by atoms with Crippen LogP contribution in [0.5, 0.6) is 0 Å². The predicted molar refractivity (Wildman–Crippen MR) is 135 cm³/mol. The van der Waals surface area contributed by atoms with Crippen molar-refractivity contribution in [2.45, 2.75) is 31.7 Å². The highest BCUT2D eigenvalue weighted by Crippen LogP contribution is 2.22. The topological polar surface area (TPSA) is 53.0 Å². The summed E-state index contributed by atoms with van der Waals surface area (Å²) in [5.41, 5.74) is 2.15. The first-order chi connectivity index (χ1) is 16.7. The van der Waals surface area contributed by atoms with Crippen LogP contribution in [0.4, 0.5) is 0 Å². The molecule has 0 bridgehead atoms. The third-order valence-corrected chi connectivity index (χ3v) is 7.72. The molecular weight excluding hydrogens is 519 g/mol. The summed E-state index contributed by atoms with van der Waals surface area (Å²) in [5.74, 6) is 0. The van der Waals surface area contributed by atoms with Gasteiger partial charge in [-0.15, -0.1) is 0 Å². The maximum absolute atomic E-state index is 13.5. The lowest BCUT2D eigenvalue weighted by molar-refractivity contribution is -0.960. The summed E-state index contributed by atoms with van der Waals surface area (Å²) in [6, 6.07) is 16.0.